The Morgan fingerprint density at radius 2 is 1.75 bits per heavy atom. The van der Waals surface area contributed by atoms with Crippen LogP contribution >= 0.6 is 0 Å². The van der Waals surface area contributed by atoms with Crippen LogP contribution in [0, 0.1) is 11.8 Å². The minimum atomic E-state index is 0.754. The maximum atomic E-state index is 4.55. The van der Waals surface area contributed by atoms with Gasteiger partial charge in [0.15, 0.2) is 0 Å². The smallest absolute Gasteiger partial charge is 0.0419 e. The van der Waals surface area contributed by atoms with Crippen molar-refractivity contribution in [1.29, 1.82) is 0 Å². The van der Waals surface area contributed by atoms with Gasteiger partial charge in [-0.3, -0.25) is 4.99 Å². The standard InChI is InChI=1S/C19H31N/c1-6-8-17-9-11-18(12-10-17)19(20-5)14-16(7-2)13-15(3)4/h9-12,15-16H,6-8,13-14H2,1-5H3. The quantitative estimate of drug-likeness (QED) is 0.553. The second-order valence-corrected chi connectivity index (χ2v) is 6.23. The molecule has 0 aliphatic carbocycles. The molecule has 0 fully saturated rings. The average Bonchev–Trinajstić information content (AvgIpc) is 2.44. The predicted octanol–water partition coefficient (Wildman–Crippen LogP) is 5.52. The van der Waals surface area contributed by atoms with Crippen LogP contribution in [0.1, 0.15) is 64.5 Å². The summed E-state index contributed by atoms with van der Waals surface area (Å²) in [6.07, 6.45) is 6.02. The molecule has 0 aliphatic heterocycles. The highest BCUT2D eigenvalue weighted by atomic mass is 14.7. The zero-order chi connectivity index (χ0) is 15.0. The molecular weight excluding hydrogens is 242 g/mol. The summed E-state index contributed by atoms with van der Waals surface area (Å²) in [5.74, 6) is 1.52. The lowest BCUT2D eigenvalue weighted by Crippen LogP contribution is -2.11. The van der Waals surface area contributed by atoms with Crippen LogP contribution < -0.4 is 0 Å². The maximum Gasteiger partial charge on any atom is 0.0419 e. The number of rotatable bonds is 8. The molecular formula is C19H31N. The highest BCUT2D eigenvalue weighted by Gasteiger charge is 2.13. The molecule has 0 radical (unpaired) electrons. The Balaban J connectivity index is 2.75. The van der Waals surface area contributed by atoms with Crippen molar-refractivity contribution in [2.45, 2.75) is 59.8 Å². The van der Waals surface area contributed by atoms with Gasteiger partial charge in [0.25, 0.3) is 0 Å². The van der Waals surface area contributed by atoms with E-state index in [1.807, 2.05) is 7.05 Å². The number of aliphatic imine (C=N–C) groups is 1. The number of aryl methyl sites for hydroxylation is 1. The molecule has 0 aromatic heterocycles. The summed E-state index contributed by atoms with van der Waals surface area (Å²) < 4.78 is 0. The molecule has 0 amide bonds. The molecule has 112 valence electrons. The van der Waals surface area contributed by atoms with Crippen LogP contribution in [0.25, 0.3) is 0 Å². The zero-order valence-electron chi connectivity index (χ0n) is 13.9. The van der Waals surface area contributed by atoms with Crippen LogP contribution in [0.4, 0.5) is 0 Å². The van der Waals surface area contributed by atoms with Crippen LogP contribution in [0.3, 0.4) is 0 Å². The SMILES string of the molecule is CCCc1ccc(C(CC(CC)CC(C)C)=NC)cc1. The van der Waals surface area contributed by atoms with Crippen molar-refractivity contribution in [3.05, 3.63) is 35.4 Å². The van der Waals surface area contributed by atoms with Crippen molar-refractivity contribution in [3.8, 4) is 0 Å². The molecule has 1 aromatic carbocycles. The maximum absolute atomic E-state index is 4.55. The minimum Gasteiger partial charge on any atom is -0.292 e. The number of hydrogen-bond acceptors (Lipinski definition) is 1. The van der Waals surface area contributed by atoms with E-state index in [-0.39, 0.29) is 0 Å². The van der Waals surface area contributed by atoms with E-state index in [4.69, 9.17) is 0 Å². The fourth-order valence-electron chi connectivity index (χ4n) is 2.83. The normalized spacial score (nSPS) is 13.8. The van der Waals surface area contributed by atoms with Crippen LogP contribution in [-0.4, -0.2) is 12.8 Å². The monoisotopic (exact) mass is 273 g/mol. The first-order valence-electron chi connectivity index (χ1n) is 8.15. The average molecular weight is 273 g/mol. The third kappa shape index (κ3) is 5.48. The Kier molecular flexibility index (Phi) is 7.58. The highest BCUT2D eigenvalue weighted by molar-refractivity contribution is 6.00. The molecule has 1 heteroatoms. The molecule has 0 spiro atoms. The fourth-order valence-corrected chi connectivity index (χ4v) is 2.83. The van der Waals surface area contributed by atoms with Gasteiger partial charge >= 0.3 is 0 Å². The Morgan fingerprint density at radius 1 is 1.10 bits per heavy atom. The van der Waals surface area contributed by atoms with Crippen molar-refractivity contribution < 1.29 is 0 Å². The Morgan fingerprint density at radius 3 is 2.20 bits per heavy atom. The van der Waals surface area contributed by atoms with Gasteiger partial charge in [0, 0.05) is 12.8 Å². The Bertz CT molecular complexity index is 400. The third-order valence-corrected chi connectivity index (χ3v) is 3.96. The summed E-state index contributed by atoms with van der Waals surface area (Å²) in [6.45, 7) is 9.14. The first-order valence-corrected chi connectivity index (χ1v) is 8.15. The topological polar surface area (TPSA) is 12.4 Å². The lowest BCUT2D eigenvalue weighted by molar-refractivity contribution is 0.410. The molecule has 1 atom stereocenters. The summed E-state index contributed by atoms with van der Waals surface area (Å²) in [4.78, 5) is 4.55. The van der Waals surface area contributed by atoms with E-state index in [1.165, 1.54) is 42.5 Å². The molecule has 0 N–H and O–H groups in total. The molecule has 0 heterocycles. The van der Waals surface area contributed by atoms with Crippen LogP contribution in [0.2, 0.25) is 0 Å². The van der Waals surface area contributed by atoms with Crippen molar-refractivity contribution in [3.63, 3.8) is 0 Å². The summed E-state index contributed by atoms with van der Waals surface area (Å²) in [6, 6.07) is 9.01. The lowest BCUT2D eigenvalue weighted by Gasteiger charge is -2.18. The van der Waals surface area contributed by atoms with Crippen LogP contribution in [0.15, 0.2) is 29.3 Å². The first kappa shape index (κ1) is 16.9. The fraction of sp³-hybridized carbons (Fsp3) is 0.632. The number of hydrogen-bond donors (Lipinski definition) is 0. The molecule has 1 nitrogen and oxygen atoms in total. The van der Waals surface area contributed by atoms with E-state index in [0.29, 0.717) is 0 Å². The van der Waals surface area contributed by atoms with Gasteiger partial charge in [0.05, 0.1) is 0 Å². The molecule has 1 aromatic rings. The van der Waals surface area contributed by atoms with Crippen LogP contribution in [0.5, 0.6) is 0 Å². The highest BCUT2D eigenvalue weighted by Crippen LogP contribution is 2.22. The molecule has 0 saturated heterocycles. The minimum absolute atomic E-state index is 0.754. The van der Waals surface area contributed by atoms with Gasteiger partial charge in [0.1, 0.15) is 0 Å². The Labute approximate surface area is 125 Å². The number of benzene rings is 1. The first-order chi connectivity index (χ1) is 9.60. The molecule has 0 bridgehead atoms. The second-order valence-electron chi connectivity index (χ2n) is 6.23. The van der Waals surface area contributed by atoms with E-state index in [2.05, 4.69) is 57.0 Å². The van der Waals surface area contributed by atoms with Gasteiger partial charge in [0.2, 0.25) is 0 Å². The third-order valence-electron chi connectivity index (χ3n) is 3.96. The lowest BCUT2D eigenvalue weighted by atomic mass is 9.88. The molecule has 20 heavy (non-hydrogen) atoms. The van der Waals surface area contributed by atoms with Gasteiger partial charge in [-0.1, -0.05) is 64.8 Å². The van der Waals surface area contributed by atoms with Crippen LogP contribution in [-0.2, 0) is 6.42 Å². The van der Waals surface area contributed by atoms with E-state index >= 15 is 0 Å². The largest absolute Gasteiger partial charge is 0.292 e. The molecule has 0 saturated carbocycles. The van der Waals surface area contributed by atoms with E-state index in [9.17, 15) is 0 Å². The summed E-state index contributed by atoms with van der Waals surface area (Å²) in [5, 5.41) is 0. The number of nitrogens with zero attached hydrogens (tertiary/aromatic N) is 1. The molecule has 0 aliphatic rings. The van der Waals surface area contributed by atoms with E-state index in [1.54, 1.807) is 0 Å². The summed E-state index contributed by atoms with van der Waals surface area (Å²) in [7, 11) is 1.93. The zero-order valence-corrected chi connectivity index (χ0v) is 13.9. The van der Waals surface area contributed by atoms with Gasteiger partial charge in [-0.05, 0) is 42.2 Å². The van der Waals surface area contributed by atoms with Crippen molar-refractivity contribution in [1.82, 2.24) is 0 Å². The molecule has 1 rings (SSSR count). The molecule has 1 unspecified atom stereocenters. The summed E-state index contributed by atoms with van der Waals surface area (Å²) in [5.41, 5.74) is 4.00. The predicted molar refractivity (Wildman–Crippen MR) is 90.8 cm³/mol. The summed E-state index contributed by atoms with van der Waals surface area (Å²) >= 11 is 0. The van der Waals surface area contributed by atoms with Gasteiger partial charge < -0.3 is 0 Å². The van der Waals surface area contributed by atoms with Crippen molar-refractivity contribution in [2.75, 3.05) is 7.05 Å². The van der Waals surface area contributed by atoms with E-state index < -0.39 is 0 Å². The van der Waals surface area contributed by atoms with Gasteiger partial charge in [-0.25, -0.2) is 0 Å². The van der Waals surface area contributed by atoms with Crippen molar-refractivity contribution >= 4 is 5.71 Å². The van der Waals surface area contributed by atoms with Crippen molar-refractivity contribution in [2.24, 2.45) is 16.8 Å². The second kappa shape index (κ2) is 8.94. The Hall–Kier alpha value is -1.11. The van der Waals surface area contributed by atoms with Gasteiger partial charge in [-0.15, -0.1) is 0 Å². The van der Waals surface area contributed by atoms with E-state index in [0.717, 1.165) is 18.3 Å². The van der Waals surface area contributed by atoms with Gasteiger partial charge in [-0.2, -0.15) is 0 Å².